The van der Waals surface area contributed by atoms with Crippen molar-refractivity contribution >= 4 is 12.1 Å². The quantitative estimate of drug-likeness (QED) is 0.660. The van der Waals surface area contributed by atoms with Crippen molar-refractivity contribution in [3.8, 4) is 11.1 Å². The molecule has 0 bridgehead atoms. The Hall–Kier alpha value is -3.68. The molecule has 158 valence electrons. The Morgan fingerprint density at radius 2 is 1.74 bits per heavy atom. The van der Waals surface area contributed by atoms with Gasteiger partial charge in [0, 0.05) is 13.0 Å². The molecule has 2 aromatic carbocycles. The van der Waals surface area contributed by atoms with Crippen molar-refractivity contribution in [3.63, 3.8) is 0 Å². The first-order valence-corrected chi connectivity index (χ1v) is 10.2. The fourth-order valence-corrected chi connectivity index (χ4v) is 4.86. The molecule has 2 aliphatic rings. The summed E-state index contributed by atoms with van der Waals surface area (Å²) in [5.74, 6) is -0.937. The molecule has 2 aliphatic carbocycles. The second-order valence-corrected chi connectivity index (χ2v) is 8.18. The molecule has 0 atom stereocenters. The molecule has 31 heavy (non-hydrogen) atoms. The first kappa shape index (κ1) is 19.3. The summed E-state index contributed by atoms with van der Waals surface area (Å²) in [6.07, 6.45) is 1.30. The van der Waals surface area contributed by atoms with Crippen LogP contribution in [0.2, 0.25) is 0 Å². The van der Waals surface area contributed by atoms with Crippen LogP contribution in [0.1, 0.15) is 35.7 Å². The highest BCUT2D eigenvalue weighted by Crippen LogP contribution is 2.46. The van der Waals surface area contributed by atoms with Gasteiger partial charge in [-0.2, -0.15) is 5.10 Å². The van der Waals surface area contributed by atoms with Crippen LogP contribution in [0.5, 0.6) is 0 Å². The van der Waals surface area contributed by atoms with E-state index in [2.05, 4.69) is 39.7 Å². The van der Waals surface area contributed by atoms with Crippen molar-refractivity contribution < 1.29 is 19.4 Å². The number of aromatic nitrogens is 3. The summed E-state index contributed by atoms with van der Waals surface area (Å²) in [5.41, 5.74) is 3.69. The second kappa shape index (κ2) is 7.23. The maximum absolute atomic E-state index is 12.8. The van der Waals surface area contributed by atoms with Crippen molar-refractivity contribution in [2.24, 2.45) is 13.0 Å². The number of carboxylic acids is 1. The topological polar surface area (TPSA) is 106 Å². The van der Waals surface area contributed by atoms with E-state index < -0.39 is 23.5 Å². The molecule has 2 N–H and O–H groups in total. The Labute approximate surface area is 178 Å². The van der Waals surface area contributed by atoms with Crippen molar-refractivity contribution in [2.45, 2.75) is 24.3 Å². The molecular formula is C23H22N4O4. The molecule has 5 rings (SSSR count). The van der Waals surface area contributed by atoms with Crippen LogP contribution in [0.15, 0.2) is 54.9 Å². The highest BCUT2D eigenvalue weighted by atomic mass is 16.5. The number of benzene rings is 2. The third-order valence-electron chi connectivity index (χ3n) is 6.36. The highest BCUT2D eigenvalue weighted by Gasteiger charge is 2.53. The van der Waals surface area contributed by atoms with E-state index in [9.17, 15) is 14.7 Å². The maximum Gasteiger partial charge on any atom is 0.407 e. The lowest BCUT2D eigenvalue weighted by Crippen LogP contribution is -2.57. The number of nitrogens with one attached hydrogen (secondary N) is 1. The molecule has 1 fully saturated rings. The third-order valence-corrected chi connectivity index (χ3v) is 6.36. The number of aliphatic carboxylic acids is 1. The van der Waals surface area contributed by atoms with Gasteiger partial charge in [0.25, 0.3) is 0 Å². The number of amides is 1. The van der Waals surface area contributed by atoms with E-state index >= 15 is 0 Å². The molecule has 8 nitrogen and oxygen atoms in total. The first-order chi connectivity index (χ1) is 15.0. The molecule has 8 heteroatoms. The monoisotopic (exact) mass is 418 g/mol. The highest BCUT2D eigenvalue weighted by molar-refractivity contribution is 5.79. The Morgan fingerprint density at radius 3 is 2.29 bits per heavy atom. The van der Waals surface area contributed by atoms with E-state index in [4.69, 9.17) is 4.74 Å². The van der Waals surface area contributed by atoms with Gasteiger partial charge in [0.2, 0.25) is 0 Å². The van der Waals surface area contributed by atoms with Crippen LogP contribution in [0.3, 0.4) is 0 Å². The summed E-state index contributed by atoms with van der Waals surface area (Å²) >= 11 is 0. The molecule has 0 aliphatic heterocycles. The fourth-order valence-electron chi connectivity index (χ4n) is 4.86. The summed E-state index contributed by atoms with van der Waals surface area (Å²) in [5, 5.41) is 16.3. The van der Waals surface area contributed by atoms with Gasteiger partial charge in [0.1, 0.15) is 18.5 Å². The second-order valence-electron chi connectivity index (χ2n) is 8.18. The minimum Gasteiger partial charge on any atom is -0.481 e. The molecular weight excluding hydrogens is 396 g/mol. The van der Waals surface area contributed by atoms with Crippen molar-refractivity contribution in [3.05, 3.63) is 71.8 Å². The summed E-state index contributed by atoms with van der Waals surface area (Å²) < 4.78 is 7.21. The van der Waals surface area contributed by atoms with Crippen LogP contribution in [-0.2, 0) is 22.1 Å². The van der Waals surface area contributed by atoms with Crippen LogP contribution >= 0.6 is 0 Å². The smallest absolute Gasteiger partial charge is 0.407 e. The minimum absolute atomic E-state index is 0.0444. The lowest BCUT2D eigenvalue weighted by Gasteiger charge is -2.44. The minimum atomic E-state index is -0.892. The van der Waals surface area contributed by atoms with Crippen molar-refractivity contribution in [1.82, 2.24) is 20.1 Å². The van der Waals surface area contributed by atoms with Crippen LogP contribution in [-0.4, -0.2) is 38.5 Å². The Kier molecular flexibility index (Phi) is 4.50. The molecule has 1 aromatic heterocycles. The number of carboxylic acid groups (broad SMARTS) is 1. The van der Waals surface area contributed by atoms with Crippen molar-refractivity contribution in [2.75, 3.05) is 6.61 Å². The van der Waals surface area contributed by atoms with Crippen LogP contribution < -0.4 is 5.32 Å². The zero-order chi connectivity index (χ0) is 21.6. The van der Waals surface area contributed by atoms with Gasteiger partial charge in [-0.1, -0.05) is 48.5 Å². The lowest BCUT2D eigenvalue weighted by molar-refractivity contribution is -0.148. The molecule has 0 saturated heterocycles. The largest absolute Gasteiger partial charge is 0.481 e. The van der Waals surface area contributed by atoms with Gasteiger partial charge in [-0.3, -0.25) is 9.48 Å². The van der Waals surface area contributed by atoms with Gasteiger partial charge in [0.05, 0.1) is 5.92 Å². The first-order valence-electron chi connectivity index (χ1n) is 10.2. The number of alkyl carbamates (subject to hydrolysis) is 1. The van der Waals surface area contributed by atoms with E-state index in [0.717, 1.165) is 22.3 Å². The summed E-state index contributed by atoms with van der Waals surface area (Å²) in [6.45, 7) is 0.192. The van der Waals surface area contributed by atoms with Crippen LogP contribution in [0.25, 0.3) is 11.1 Å². The Balaban J connectivity index is 1.33. The molecule has 0 spiro atoms. The predicted molar refractivity (Wildman–Crippen MR) is 111 cm³/mol. The van der Waals surface area contributed by atoms with Gasteiger partial charge < -0.3 is 15.2 Å². The maximum atomic E-state index is 12.8. The van der Waals surface area contributed by atoms with Gasteiger partial charge in [-0.15, -0.1) is 0 Å². The lowest BCUT2D eigenvalue weighted by atomic mass is 9.67. The molecule has 3 aromatic rings. The average Bonchev–Trinajstić information content (AvgIpc) is 3.30. The van der Waals surface area contributed by atoms with E-state index in [-0.39, 0.29) is 25.4 Å². The van der Waals surface area contributed by atoms with E-state index in [1.807, 2.05) is 24.3 Å². The Morgan fingerprint density at radius 1 is 1.13 bits per heavy atom. The SMILES string of the molecule is Cn1ncnc1C1(NC(=O)OCC2c3ccccc3-c3ccccc32)CC(C(=O)O)C1. The van der Waals surface area contributed by atoms with Gasteiger partial charge in [-0.05, 0) is 35.1 Å². The molecule has 1 amide bonds. The Bertz CT molecular complexity index is 1120. The summed E-state index contributed by atoms with van der Waals surface area (Å²) in [4.78, 5) is 28.4. The molecule has 0 radical (unpaired) electrons. The van der Waals surface area contributed by atoms with Gasteiger partial charge in [-0.25, -0.2) is 9.78 Å². The summed E-state index contributed by atoms with van der Waals surface area (Å²) in [7, 11) is 1.72. The van der Waals surface area contributed by atoms with E-state index in [1.54, 1.807) is 11.7 Å². The normalized spacial score (nSPS) is 21.6. The third kappa shape index (κ3) is 3.15. The number of hydrogen-bond donors (Lipinski definition) is 2. The van der Waals surface area contributed by atoms with Crippen LogP contribution in [0, 0.1) is 5.92 Å². The fraction of sp³-hybridized carbons (Fsp3) is 0.304. The van der Waals surface area contributed by atoms with Crippen LogP contribution in [0.4, 0.5) is 4.79 Å². The van der Waals surface area contributed by atoms with E-state index in [1.165, 1.54) is 6.33 Å². The number of hydrogen-bond acceptors (Lipinski definition) is 5. The average molecular weight is 418 g/mol. The molecule has 1 saturated carbocycles. The number of fused-ring (bicyclic) bond motifs is 3. The number of aryl methyl sites for hydroxylation is 1. The number of nitrogens with zero attached hydrogens (tertiary/aromatic N) is 3. The predicted octanol–water partition coefficient (Wildman–Crippen LogP) is 3.04. The zero-order valence-electron chi connectivity index (χ0n) is 17.0. The number of rotatable bonds is 5. The zero-order valence-corrected chi connectivity index (χ0v) is 17.0. The van der Waals surface area contributed by atoms with Gasteiger partial charge in [0.15, 0.2) is 5.82 Å². The van der Waals surface area contributed by atoms with E-state index in [0.29, 0.717) is 5.82 Å². The number of ether oxygens (including phenoxy) is 1. The van der Waals surface area contributed by atoms with Gasteiger partial charge >= 0.3 is 12.1 Å². The number of carbonyl (C=O) groups excluding carboxylic acids is 1. The molecule has 0 unspecified atom stereocenters. The standard InChI is InChI=1S/C23H22N4O4/c1-27-21(24-13-25-27)23(10-14(11-23)20(28)29)26-22(30)31-12-19-17-8-4-2-6-15(17)16-7-3-5-9-18(16)19/h2-9,13-14,19H,10-12H2,1H3,(H,26,30)(H,28,29). The molecule has 1 heterocycles. The summed E-state index contributed by atoms with van der Waals surface area (Å²) in [6, 6.07) is 16.3. The number of carbonyl (C=O) groups is 2. The van der Waals surface area contributed by atoms with Crippen molar-refractivity contribution in [1.29, 1.82) is 0 Å².